The summed E-state index contributed by atoms with van der Waals surface area (Å²) in [7, 11) is 0. The lowest BCUT2D eigenvalue weighted by Gasteiger charge is -2.11. The maximum absolute atomic E-state index is 12.2. The summed E-state index contributed by atoms with van der Waals surface area (Å²) >= 11 is 1.38. The van der Waals surface area contributed by atoms with Gasteiger partial charge in [-0.3, -0.25) is 9.59 Å². The Labute approximate surface area is 155 Å². The van der Waals surface area contributed by atoms with Crippen molar-refractivity contribution in [3.8, 4) is 0 Å². The van der Waals surface area contributed by atoms with Crippen LogP contribution in [0.25, 0.3) is 0 Å². The van der Waals surface area contributed by atoms with Crippen LogP contribution in [0.2, 0.25) is 0 Å². The van der Waals surface area contributed by atoms with Gasteiger partial charge >= 0.3 is 5.97 Å². The first kappa shape index (κ1) is 18.1. The zero-order chi connectivity index (χ0) is 18.7. The first-order chi connectivity index (χ1) is 12.5. The molecule has 0 atom stereocenters. The van der Waals surface area contributed by atoms with Crippen molar-refractivity contribution < 1.29 is 19.1 Å². The van der Waals surface area contributed by atoms with Gasteiger partial charge in [-0.25, -0.2) is 4.79 Å². The molecular formula is C19H20N2O4S. The van der Waals surface area contributed by atoms with Gasteiger partial charge in [0.25, 0.3) is 11.8 Å². The fraction of sp³-hybridized carbons (Fsp3) is 0.316. The molecule has 0 saturated heterocycles. The number of nitrogens with two attached hydrogens (primary N) is 1. The second-order valence-electron chi connectivity index (χ2n) is 6.27. The van der Waals surface area contributed by atoms with E-state index in [9.17, 15) is 14.4 Å². The molecule has 1 aliphatic carbocycles. The van der Waals surface area contributed by atoms with Crippen LogP contribution in [0.5, 0.6) is 0 Å². The van der Waals surface area contributed by atoms with Gasteiger partial charge in [-0.15, -0.1) is 11.3 Å². The predicted molar refractivity (Wildman–Crippen MR) is 99.6 cm³/mol. The second-order valence-corrected chi connectivity index (χ2v) is 7.38. The Kier molecular flexibility index (Phi) is 5.37. The Balaban J connectivity index is 1.66. The molecule has 1 aromatic carbocycles. The fourth-order valence-electron chi connectivity index (χ4n) is 3.06. The molecule has 136 valence electrons. The average molecular weight is 372 g/mol. The quantitative estimate of drug-likeness (QED) is 0.789. The zero-order valence-corrected chi connectivity index (χ0v) is 15.3. The van der Waals surface area contributed by atoms with Crippen molar-refractivity contribution >= 4 is 34.1 Å². The standard InChI is InChI=1S/C19H20N2O4S/c1-11-5-4-6-12(9-11)19(24)25-10-15(22)21-18-16(17(20)23)13-7-2-3-8-14(13)26-18/h4-6,9H,2-3,7-8,10H2,1H3,(H2,20,23)(H,21,22). The number of hydrogen-bond donors (Lipinski definition) is 2. The van der Waals surface area contributed by atoms with Gasteiger partial charge in [-0.05, 0) is 50.3 Å². The molecule has 3 N–H and O–H groups in total. The number of esters is 1. The van der Waals surface area contributed by atoms with E-state index in [0.29, 0.717) is 16.1 Å². The molecule has 0 fully saturated rings. The Morgan fingerprint density at radius 1 is 1.23 bits per heavy atom. The topological polar surface area (TPSA) is 98.5 Å². The number of thiophene rings is 1. The highest BCUT2D eigenvalue weighted by Gasteiger charge is 2.25. The van der Waals surface area contributed by atoms with Gasteiger partial charge in [0.15, 0.2) is 6.61 Å². The van der Waals surface area contributed by atoms with E-state index >= 15 is 0 Å². The van der Waals surface area contributed by atoms with Crippen molar-refractivity contribution in [3.63, 3.8) is 0 Å². The van der Waals surface area contributed by atoms with Gasteiger partial charge in [-0.1, -0.05) is 17.7 Å². The summed E-state index contributed by atoms with van der Waals surface area (Å²) in [5.41, 5.74) is 8.16. The lowest BCUT2D eigenvalue weighted by molar-refractivity contribution is -0.119. The third-order valence-electron chi connectivity index (χ3n) is 4.26. The fourth-order valence-corrected chi connectivity index (χ4v) is 4.37. The number of benzene rings is 1. The summed E-state index contributed by atoms with van der Waals surface area (Å²) in [6.45, 7) is 1.45. The smallest absolute Gasteiger partial charge is 0.338 e. The molecule has 3 rings (SSSR count). The van der Waals surface area contributed by atoms with Crippen LogP contribution in [0.1, 0.15) is 49.6 Å². The molecule has 2 aromatic rings. The summed E-state index contributed by atoms with van der Waals surface area (Å²) in [5, 5.41) is 3.11. The van der Waals surface area contributed by atoms with Gasteiger partial charge in [0.05, 0.1) is 11.1 Å². The summed E-state index contributed by atoms with van der Waals surface area (Å²) in [6, 6.07) is 6.94. The number of anilines is 1. The molecule has 1 heterocycles. The van der Waals surface area contributed by atoms with E-state index in [1.54, 1.807) is 18.2 Å². The van der Waals surface area contributed by atoms with Crippen LogP contribution in [0.3, 0.4) is 0 Å². The number of primary amides is 1. The highest BCUT2D eigenvalue weighted by Crippen LogP contribution is 2.37. The number of amides is 2. The molecular weight excluding hydrogens is 352 g/mol. The van der Waals surface area contributed by atoms with E-state index in [-0.39, 0.29) is 0 Å². The van der Waals surface area contributed by atoms with Crippen LogP contribution in [-0.4, -0.2) is 24.4 Å². The first-order valence-corrected chi connectivity index (χ1v) is 9.25. The molecule has 0 bridgehead atoms. The molecule has 0 radical (unpaired) electrons. The molecule has 0 spiro atoms. The third kappa shape index (κ3) is 3.94. The minimum atomic E-state index is -0.565. The molecule has 6 nitrogen and oxygen atoms in total. The van der Waals surface area contributed by atoms with E-state index in [4.69, 9.17) is 10.5 Å². The number of fused-ring (bicyclic) bond motifs is 1. The van der Waals surface area contributed by atoms with E-state index in [1.807, 2.05) is 13.0 Å². The van der Waals surface area contributed by atoms with Gasteiger partial charge in [0, 0.05) is 4.88 Å². The number of carbonyl (C=O) groups is 3. The molecule has 0 aliphatic heterocycles. The molecule has 1 aromatic heterocycles. The largest absolute Gasteiger partial charge is 0.452 e. The predicted octanol–water partition coefficient (Wildman–Crippen LogP) is 2.83. The van der Waals surface area contributed by atoms with Gasteiger partial charge in [0.2, 0.25) is 0 Å². The van der Waals surface area contributed by atoms with Crippen LogP contribution in [0, 0.1) is 6.92 Å². The summed E-state index contributed by atoms with van der Waals surface area (Å²) in [6.07, 6.45) is 3.75. The van der Waals surface area contributed by atoms with Gasteiger partial charge in [0.1, 0.15) is 5.00 Å². The van der Waals surface area contributed by atoms with Gasteiger partial charge < -0.3 is 15.8 Å². The molecule has 26 heavy (non-hydrogen) atoms. The maximum Gasteiger partial charge on any atom is 0.338 e. The van der Waals surface area contributed by atoms with Crippen LogP contribution >= 0.6 is 11.3 Å². The van der Waals surface area contributed by atoms with Crippen molar-refractivity contribution in [1.29, 1.82) is 0 Å². The monoisotopic (exact) mass is 372 g/mol. The van der Waals surface area contributed by atoms with Crippen LogP contribution in [-0.2, 0) is 22.4 Å². The van der Waals surface area contributed by atoms with E-state index < -0.39 is 24.4 Å². The molecule has 1 aliphatic rings. The minimum absolute atomic E-state index is 0.391. The number of nitrogens with one attached hydrogen (secondary N) is 1. The van der Waals surface area contributed by atoms with Crippen molar-refractivity contribution in [2.24, 2.45) is 5.73 Å². The summed E-state index contributed by atoms with van der Waals surface area (Å²) in [4.78, 5) is 37.1. The van der Waals surface area contributed by atoms with Crippen molar-refractivity contribution in [2.45, 2.75) is 32.6 Å². The minimum Gasteiger partial charge on any atom is -0.452 e. The first-order valence-electron chi connectivity index (χ1n) is 8.43. The van der Waals surface area contributed by atoms with E-state index in [0.717, 1.165) is 41.7 Å². The van der Waals surface area contributed by atoms with Crippen molar-refractivity contribution in [1.82, 2.24) is 0 Å². The summed E-state index contributed by atoms with van der Waals surface area (Å²) < 4.78 is 5.06. The van der Waals surface area contributed by atoms with Crippen molar-refractivity contribution in [2.75, 3.05) is 11.9 Å². The molecule has 0 unspecified atom stereocenters. The number of aryl methyl sites for hydroxylation is 2. The van der Waals surface area contributed by atoms with Crippen LogP contribution < -0.4 is 11.1 Å². The third-order valence-corrected chi connectivity index (χ3v) is 5.47. The van der Waals surface area contributed by atoms with Crippen LogP contribution in [0.4, 0.5) is 5.00 Å². The molecule has 2 amide bonds. The normalized spacial score (nSPS) is 13.0. The lowest BCUT2D eigenvalue weighted by atomic mass is 9.95. The Morgan fingerprint density at radius 2 is 2.00 bits per heavy atom. The Morgan fingerprint density at radius 3 is 2.73 bits per heavy atom. The lowest BCUT2D eigenvalue weighted by Crippen LogP contribution is -2.23. The number of rotatable bonds is 5. The Bertz CT molecular complexity index is 872. The highest BCUT2D eigenvalue weighted by molar-refractivity contribution is 7.17. The molecule has 0 saturated carbocycles. The highest BCUT2D eigenvalue weighted by atomic mass is 32.1. The number of ether oxygens (including phenoxy) is 1. The SMILES string of the molecule is Cc1cccc(C(=O)OCC(=O)Nc2sc3c(c2C(N)=O)CCCC3)c1. The summed E-state index contributed by atoms with van der Waals surface area (Å²) in [5.74, 6) is -1.60. The Hall–Kier alpha value is -2.67. The maximum atomic E-state index is 12.2. The second kappa shape index (κ2) is 7.70. The van der Waals surface area contributed by atoms with E-state index in [1.165, 1.54) is 11.3 Å². The number of hydrogen-bond acceptors (Lipinski definition) is 5. The number of carbonyl (C=O) groups excluding carboxylic acids is 3. The van der Waals surface area contributed by atoms with E-state index in [2.05, 4.69) is 5.32 Å². The van der Waals surface area contributed by atoms with Crippen molar-refractivity contribution in [3.05, 3.63) is 51.4 Å². The van der Waals surface area contributed by atoms with Gasteiger partial charge in [-0.2, -0.15) is 0 Å². The zero-order valence-electron chi connectivity index (χ0n) is 14.5. The molecule has 7 heteroatoms. The average Bonchev–Trinajstić information content (AvgIpc) is 2.97. The van der Waals surface area contributed by atoms with Crippen LogP contribution in [0.15, 0.2) is 24.3 Å².